The van der Waals surface area contributed by atoms with Gasteiger partial charge in [-0.3, -0.25) is 4.79 Å². The van der Waals surface area contributed by atoms with Crippen molar-refractivity contribution < 1.29 is 14.3 Å². The van der Waals surface area contributed by atoms with Crippen LogP contribution in [0.3, 0.4) is 0 Å². The quantitative estimate of drug-likeness (QED) is 0.808. The molecule has 2 aliphatic heterocycles. The predicted octanol–water partition coefficient (Wildman–Crippen LogP) is 0.862. The van der Waals surface area contributed by atoms with E-state index in [0.29, 0.717) is 13.1 Å². The largest absolute Gasteiger partial charge is 0.369 e. The SMILES string of the molecule is CC(C)NC(=O)N1C[C@H]2O[C@@H](CNC(=O)C3CC3)CC[C@H]21. The average Bonchev–Trinajstić information content (AvgIpc) is 3.21. The van der Waals surface area contributed by atoms with Gasteiger partial charge in [-0.1, -0.05) is 0 Å². The van der Waals surface area contributed by atoms with Gasteiger partial charge in [0.15, 0.2) is 0 Å². The lowest BCUT2D eigenvalue weighted by Crippen LogP contribution is -2.68. The van der Waals surface area contributed by atoms with Crippen LogP contribution in [-0.2, 0) is 9.53 Å². The fraction of sp³-hybridized carbons (Fsp3) is 0.867. The topological polar surface area (TPSA) is 70.7 Å². The summed E-state index contributed by atoms with van der Waals surface area (Å²) in [5.74, 6) is 0.424. The van der Waals surface area contributed by atoms with Gasteiger partial charge in [-0.2, -0.15) is 0 Å². The van der Waals surface area contributed by atoms with Crippen LogP contribution in [0.15, 0.2) is 0 Å². The molecule has 3 aliphatic rings. The van der Waals surface area contributed by atoms with Gasteiger partial charge in [0.25, 0.3) is 0 Å². The minimum absolute atomic E-state index is 0.00957. The van der Waals surface area contributed by atoms with Gasteiger partial charge in [-0.15, -0.1) is 0 Å². The maximum Gasteiger partial charge on any atom is 0.318 e. The fourth-order valence-corrected chi connectivity index (χ4v) is 3.08. The van der Waals surface area contributed by atoms with E-state index in [1.54, 1.807) is 0 Å². The molecule has 0 spiro atoms. The Bertz CT molecular complexity index is 422. The number of hydrogen-bond acceptors (Lipinski definition) is 3. The van der Waals surface area contributed by atoms with E-state index >= 15 is 0 Å². The first-order chi connectivity index (χ1) is 10.0. The van der Waals surface area contributed by atoms with Crippen LogP contribution in [0.4, 0.5) is 4.79 Å². The van der Waals surface area contributed by atoms with Gasteiger partial charge >= 0.3 is 6.03 Å². The molecule has 0 aromatic carbocycles. The molecule has 118 valence electrons. The molecule has 1 saturated carbocycles. The Morgan fingerprint density at radius 1 is 1.24 bits per heavy atom. The molecule has 3 rings (SSSR count). The first-order valence-corrected chi connectivity index (χ1v) is 8.05. The molecule has 3 amide bonds. The van der Waals surface area contributed by atoms with Gasteiger partial charge in [0.05, 0.1) is 24.8 Å². The Kier molecular flexibility index (Phi) is 4.06. The molecule has 2 N–H and O–H groups in total. The lowest BCUT2D eigenvalue weighted by molar-refractivity contribution is -0.150. The van der Waals surface area contributed by atoms with Gasteiger partial charge in [0.2, 0.25) is 5.91 Å². The Hall–Kier alpha value is -1.30. The number of nitrogens with one attached hydrogen (secondary N) is 2. The molecule has 2 saturated heterocycles. The normalized spacial score (nSPS) is 31.4. The molecule has 0 radical (unpaired) electrons. The minimum atomic E-state index is 0.00957. The molecule has 0 unspecified atom stereocenters. The number of urea groups is 1. The number of likely N-dealkylation sites (tertiary alicyclic amines) is 1. The second-order valence-corrected chi connectivity index (χ2v) is 6.72. The van der Waals surface area contributed by atoms with Gasteiger partial charge in [0.1, 0.15) is 0 Å². The van der Waals surface area contributed by atoms with Gasteiger partial charge < -0.3 is 20.3 Å². The van der Waals surface area contributed by atoms with Crippen molar-refractivity contribution in [3.63, 3.8) is 0 Å². The summed E-state index contributed by atoms with van der Waals surface area (Å²) >= 11 is 0. The van der Waals surface area contributed by atoms with Crippen molar-refractivity contribution in [1.29, 1.82) is 0 Å². The van der Waals surface area contributed by atoms with Crippen LogP contribution in [-0.4, -0.2) is 54.2 Å². The molecule has 3 fully saturated rings. The molecule has 3 atom stereocenters. The molecule has 0 bridgehead atoms. The third-order valence-electron chi connectivity index (χ3n) is 4.48. The standard InChI is InChI=1S/C15H25N3O3/c1-9(2)17-15(20)18-8-13-12(18)6-5-11(21-13)7-16-14(19)10-3-4-10/h9-13H,3-8H2,1-2H3,(H,16,19)(H,17,20)/t11-,12-,13-/m1/s1. The lowest BCUT2D eigenvalue weighted by atomic mass is 9.90. The van der Waals surface area contributed by atoms with Crippen LogP contribution >= 0.6 is 0 Å². The summed E-state index contributed by atoms with van der Waals surface area (Å²) in [5, 5.41) is 5.90. The highest BCUT2D eigenvalue weighted by Crippen LogP contribution is 2.32. The zero-order chi connectivity index (χ0) is 15.0. The molecule has 0 aromatic rings. The second kappa shape index (κ2) is 5.83. The summed E-state index contributed by atoms with van der Waals surface area (Å²) in [6, 6.07) is 0.376. The van der Waals surface area contributed by atoms with Crippen LogP contribution in [0.2, 0.25) is 0 Å². The van der Waals surface area contributed by atoms with Crippen molar-refractivity contribution in [2.45, 2.75) is 63.8 Å². The minimum Gasteiger partial charge on any atom is -0.369 e. The average molecular weight is 295 g/mol. The highest BCUT2D eigenvalue weighted by atomic mass is 16.5. The van der Waals surface area contributed by atoms with Gasteiger partial charge in [-0.05, 0) is 39.5 Å². The number of nitrogens with zero attached hydrogens (tertiary/aromatic N) is 1. The first kappa shape index (κ1) is 14.6. The molecular formula is C15H25N3O3. The van der Waals surface area contributed by atoms with E-state index in [1.807, 2.05) is 18.7 Å². The smallest absolute Gasteiger partial charge is 0.318 e. The summed E-state index contributed by atoms with van der Waals surface area (Å²) in [6.45, 7) is 5.20. The Morgan fingerprint density at radius 2 is 2.00 bits per heavy atom. The highest BCUT2D eigenvalue weighted by Gasteiger charge is 2.46. The number of carbonyl (C=O) groups excluding carboxylic acids is 2. The third-order valence-corrected chi connectivity index (χ3v) is 4.48. The van der Waals surface area contributed by atoms with Crippen LogP contribution in [0.1, 0.15) is 39.5 Å². The van der Waals surface area contributed by atoms with Crippen molar-refractivity contribution in [1.82, 2.24) is 15.5 Å². The Balaban J connectivity index is 1.40. The van der Waals surface area contributed by atoms with E-state index in [1.165, 1.54) is 0 Å². The molecule has 2 heterocycles. The van der Waals surface area contributed by atoms with E-state index in [4.69, 9.17) is 4.74 Å². The maximum atomic E-state index is 12.0. The van der Waals surface area contributed by atoms with Crippen LogP contribution < -0.4 is 10.6 Å². The van der Waals surface area contributed by atoms with E-state index in [-0.39, 0.29) is 42.1 Å². The van der Waals surface area contributed by atoms with E-state index in [9.17, 15) is 9.59 Å². The van der Waals surface area contributed by atoms with Crippen molar-refractivity contribution in [3.05, 3.63) is 0 Å². The summed E-state index contributed by atoms with van der Waals surface area (Å²) in [5.41, 5.74) is 0. The van der Waals surface area contributed by atoms with Crippen LogP contribution in [0.25, 0.3) is 0 Å². The van der Waals surface area contributed by atoms with Crippen LogP contribution in [0.5, 0.6) is 0 Å². The molecule has 1 aliphatic carbocycles. The van der Waals surface area contributed by atoms with E-state index in [2.05, 4.69) is 10.6 Å². The molecule has 21 heavy (non-hydrogen) atoms. The summed E-state index contributed by atoms with van der Waals surface area (Å²) in [6.07, 6.45) is 4.16. The number of fused-ring (bicyclic) bond motifs is 1. The van der Waals surface area contributed by atoms with Gasteiger partial charge in [0, 0.05) is 18.5 Å². The summed E-state index contributed by atoms with van der Waals surface area (Å²) in [7, 11) is 0. The van der Waals surface area contributed by atoms with Crippen molar-refractivity contribution >= 4 is 11.9 Å². The molecular weight excluding hydrogens is 270 g/mol. The Morgan fingerprint density at radius 3 is 2.62 bits per heavy atom. The summed E-state index contributed by atoms with van der Waals surface area (Å²) in [4.78, 5) is 25.5. The Labute approximate surface area is 125 Å². The zero-order valence-corrected chi connectivity index (χ0v) is 12.8. The number of rotatable bonds is 4. The number of hydrogen-bond donors (Lipinski definition) is 2. The number of ether oxygens (including phenoxy) is 1. The zero-order valence-electron chi connectivity index (χ0n) is 12.8. The van der Waals surface area contributed by atoms with Crippen molar-refractivity contribution in [2.24, 2.45) is 5.92 Å². The van der Waals surface area contributed by atoms with Gasteiger partial charge in [-0.25, -0.2) is 4.79 Å². The number of carbonyl (C=O) groups is 2. The summed E-state index contributed by atoms with van der Waals surface area (Å²) < 4.78 is 5.98. The third kappa shape index (κ3) is 3.31. The monoisotopic (exact) mass is 295 g/mol. The van der Waals surface area contributed by atoms with Crippen molar-refractivity contribution in [2.75, 3.05) is 13.1 Å². The first-order valence-electron chi connectivity index (χ1n) is 8.05. The van der Waals surface area contributed by atoms with E-state index in [0.717, 1.165) is 25.7 Å². The molecule has 0 aromatic heterocycles. The second-order valence-electron chi connectivity index (χ2n) is 6.72. The number of amides is 3. The van der Waals surface area contributed by atoms with Crippen LogP contribution in [0, 0.1) is 5.92 Å². The maximum absolute atomic E-state index is 12.0. The van der Waals surface area contributed by atoms with Crippen molar-refractivity contribution in [3.8, 4) is 0 Å². The lowest BCUT2D eigenvalue weighted by Gasteiger charge is -2.52. The fourth-order valence-electron chi connectivity index (χ4n) is 3.08. The van der Waals surface area contributed by atoms with E-state index < -0.39 is 0 Å². The molecule has 6 heteroatoms. The molecule has 6 nitrogen and oxygen atoms in total. The highest BCUT2D eigenvalue weighted by molar-refractivity contribution is 5.80. The predicted molar refractivity (Wildman–Crippen MR) is 77.8 cm³/mol.